The molecular weight excluding hydrogens is 644 g/mol. The van der Waals surface area contributed by atoms with Crippen molar-refractivity contribution in [3.63, 3.8) is 0 Å². The van der Waals surface area contributed by atoms with Crippen LogP contribution in [0.3, 0.4) is 0 Å². The number of nitrogens with zero attached hydrogens (tertiary/aromatic N) is 1. The molecule has 4 aromatic rings. The molecule has 7 rings (SSSR count). The van der Waals surface area contributed by atoms with Crippen molar-refractivity contribution in [2.75, 3.05) is 13.2 Å². The number of hydrogen-bond acceptors (Lipinski definition) is 9. The monoisotopic (exact) mass is 688 g/mol. The fraction of sp³-hybridized carbons (Fsp3) is 0.368. The summed E-state index contributed by atoms with van der Waals surface area (Å²) < 4.78 is 25.6. The molecule has 12 heteroatoms. The van der Waals surface area contributed by atoms with Crippen LogP contribution in [0.5, 0.6) is 0 Å². The molecule has 2 N–H and O–H groups in total. The SMILES string of the molecule is C1CCOC1.C[C@@H]1NC(=O)O[C@@H]1c1ccccc1.C[C@H]1[C@@H](c2ccccc2)OC(=O)N1C(=O)CCc1ccco1.O=C(O)CCc1ccco1. The van der Waals surface area contributed by atoms with Crippen molar-refractivity contribution < 1.29 is 47.3 Å². The first kappa shape index (κ1) is 37.5. The van der Waals surface area contributed by atoms with Gasteiger partial charge in [-0.3, -0.25) is 9.59 Å². The van der Waals surface area contributed by atoms with E-state index in [9.17, 15) is 19.2 Å². The number of carboxylic acid groups (broad SMARTS) is 1. The Kier molecular flexibility index (Phi) is 14.7. The molecule has 0 radical (unpaired) electrons. The van der Waals surface area contributed by atoms with Crippen molar-refractivity contribution >= 4 is 24.1 Å². The first-order valence-corrected chi connectivity index (χ1v) is 16.7. The van der Waals surface area contributed by atoms with E-state index < -0.39 is 18.2 Å². The average molecular weight is 689 g/mol. The van der Waals surface area contributed by atoms with Gasteiger partial charge in [0.25, 0.3) is 0 Å². The summed E-state index contributed by atoms with van der Waals surface area (Å²) in [4.78, 5) is 46.5. The number of cyclic esters (lactones) is 2. The third-order valence-electron chi connectivity index (χ3n) is 7.99. The smallest absolute Gasteiger partial charge is 0.417 e. The van der Waals surface area contributed by atoms with E-state index in [1.54, 1.807) is 24.5 Å². The van der Waals surface area contributed by atoms with Gasteiger partial charge in [0.1, 0.15) is 23.7 Å². The molecule has 266 valence electrons. The summed E-state index contributed by atoms with van der Waals surface area (Å²) in [5, 5.41) is 11.0. The van der Waals surface area contributed by atoms with Gasteiger partial charge in [-0.15, -0.1) is 0 Å². The Morgan fingerprint density at radius 1 is 0.740 bits per heavy atom. The van der Waals surface area contributed by atoms with E-state index in [2.05, 4.69) is 5.32 Å². The minimum atomic E-state index is -0.795. The second-order valence-corrected chi connectivity index (χ2v) is 11.8. The third-order valence-corrected chi connectivity index (χ3v) is 7.99. The maximum Gasteiger partial charge on any atom is 0.417 e. The topological polar surface area (TPSA) is 158 Å². The summed E-state index contributed by atoms with van der Waals surface area (Å²) in [5.74, 6) is 0.416. The summed E-state index contributed by atoms with van der Waals surface area (Å²) in [6.07, 6.45) is 5.49. The number of alkyl carbamates (subject to hydrolysis) is 1. The second kappa shape index (κ2) is 19.6. The number of nitrogens with one attached hydrogen (secondary N) is 1. The number of carbonyl (C=O) groups excluding carboxylic acids is 3. The molecule has 3 fully saturated rings. The van der Waals surface area contributed by atoms with Gasteiger partial charge in [-0.2, -0.15) is 0 Å². The van der Waals surface area contributed by atoms with E-state index in [-0.39, 0.29) is 43.0 Å². The van der Waals surface area contributed by atoms with Crippen LogP contribution < -0.4 is 5.32 Å². The lowest BCUT2D eigenvalue weighted by Crippen LogP contribution is -2.37. The maximum absolute atomic E-state index is 12.3. The summed E-state index contributed by atoms with van der Waals surface area (Å²) in [6, 6.07) is 26.0. The van der Waals surface area contributed by atoms with Gasteiger partial charge in [0.2, 0.25) is 5.91 Å². The van der Waals surface area contributed by atoms with Crippen molar-refractivity contribution in [1.29, 1.82) is 0 Å². The zero-order valence-electron chi connectivity index (χ0n) is 28.3. The van der Waals surface area contributed by atoms with Crippen LogP contribution in [-0.4, -0.2) is 59.4 Å². The van der Waals surface area contributed by atoms with E-state index in [1.165, 1.54) is 24.0 Å². The fourth-order valence-corrected chi connectivity index (χ4v) is 5.40. The average Bonchev–Trinajstić information content (AvgIpc) is 3.98. The van der Waals surface area contributed by atoms with Gasteiger partial charge in [-0.25, -0.2) is 14.5 Å². The zero-order chi connectivity index (χ0) is 35.7. The molecule has 3 aliphatic rings. The molecule has 3 saturated heterocycles. The van der Waals surface area contributed by atoms with E-state index in [0.29, 0.717) is 12.8 Å². The number of aliphatic carboxylic acids is 1. The molecule has 2 aromatic carbocycles. The molecule has 3 aliphatic heterocycles. The van der Waals surface area contributed by atoms with E-state index in [1.807, 2.05) is 80.6 Å². The van der Waals surface area contributed by atoms with E-state index >= 15 is 0 Å². The van der Waals surface area contributed by atoms with Crippen molar-refractivity contribution in [2.24, 2.45) is 0 Å². The second-order valence-electron chi connectivity index (χ2n) is 11.8. The first-order chi connectivity index (χ1) is 24.2. The third kappa shape index (κ3) is 11.7. The number of imide groups is 1. The molecule has 0 saturated carbocycles. The van der Waals surface area contributed by atoms with Crippen molar-refractivity contribution in [1.82, 2.24) is 10.2 Å². The normalized spacial score (nSPS) is 20.5. The summed E-state index contributed by atoms with van der Waals surface area (Å²) in [5.41, 5.74) is 1.93. The molecule has 50 heavy (non-hydrogen) atoms. The highest BCUT2D eigenvalue weighted by Gasteiger charge is 2.43. The quantitative estimate of drug-likeness (QED) is 0.193. The Morgan fingerprint density at radius 2 is 1.28 bits per heavy atom. The number of carbonyl (C=O) groups is 4. The lowest BCUT2D eigenvalue weighted by molar-refractivity contribution is -0.137. The number of furan rings is 2. The maximum atomic E-state index is 12.3. The molecule has 12 nitrogen and oxygen atoms in total. The largest absolute Gasteiger partial charge is 0.481 e. The van der Waals surface area contributed by atoms with E-state index in [4.69, 9.17) is 28.2 Å². The minimum absolute atomic E-state index is 0.0508. The number of ether oxygens (including phenoxy) is 3. The van der Waals surface area contributed by atoms with Crippen LogP contribution in [0, 0.1) is 0 Å². The molecule has 3 amide bonds. The van der Waals surface area contributed by atoms with Crippen molar-refractivity contribution in [2.45, 2.75) is 76.7 Å². The Balaban J connectivity index is 0.000000169. The Bertz CT molecular complexity index is 1580. The van der Waals surface area contributed by atoms with Crippen LogP contribution in [0.4, 0.5) is 9.59 Å². The van der Waals surface area contributed by atoms with Gasteiger partial charge in [-0.05, 0) is 62.1 Å². The highest BCUT2D eigenvalue weighted by molar-refractivity contribution is 5.93. The van der Waals surface area contributed by atoms with Gasteiger partial charge >= 0.3 is 18.2 Å². The minimum Gasteiger partial charge on any atom is -0.481 e. The highest BCUT2D eigenvalue weighted by atomic mass is 16.6. The van der Waals surface area contributed by atoms with Crippen LogP contribution in [0.1, 0.15) is 74.4 Å². The van der Waals surface area contributed by atoms with Crippen LogP contribution in [0.25, 0.3) is 0 Å². The first-order valence-electron chi connectivity index (χ1n) is 16.7. The predicted octanol–water partition coefficient (Wildman–Crippen LogP) is 7.27. The molecule has 0 aliphatic carbocycles. The lowest BCUT2D eigenvalue weighted by Gasteiger charge is -2.19. The molecule has 5 heterocycles. The Morgan fingerprint density at radius 3 is 1.72 bits per heavy atom. The van der Waals surface area contributed by atoms with Gasteiger partial charge in [0.05, 0.1) is 31.0 Å². The molecule has 0 unspecified atom stereocenters. The van der Waals surface area contributed by atoms with Gasteiger partial charge in [-0.1, -0.05) is 60.7 Å². The van der Waals surface area contributed by atoms with Gasteiger partial charge < -0.3 is 33.5 Å². The highest BCUT2D eigenvalue weighted by Crippen LogP contribution is 2.32. The van der Waals surface area contributed by atoms with Gasteiger partial charge in [0.15, 0.2) is 0 Å². The van der Waals surface area contributed by atoms with Crippen LogP contribution in [-0.2, 0) is 36.6 Å². The van der Waals surface area contributed by atoms with Crippen molar-refractivity contribution in [3.05, 3.63) is 120 Å². The number of aryl methyl sites for hydroxylation is 2. The summed E-state index contributed by atoms with van der Waals surface area (Å²) in [7, 11) is 0. The van der Waals surface area contributed by atoms with Gasteiger partial charge in [0, 0.05) is 32.5 Å². The predicted molar refractivity (Wildman–Crippen MR) is 182 cm³/mol. The summed E-state index contributed by atoms with van der Waals surface area (Å²) >= 11 is 0. The summed E-state index contributed by atoms with van der Waals surface area (Å²) in [6.45, 7) is 5.76. The van der Waals surface area contributed by atoms with E-state index in [0.717, 1.165) is 35.9 Å². The number of amides is 3. The Labute approximate surface area is 291 Å². The molecule has 0 spiro atoms. The molecule has 0 bridgehead atoms. The standard InChI is InChI=1S/C17H17NO4.C10H11NO2.C7H8O3.C4H8O/c1-12-16(13-6-3-2-4-7-13)22-17(20)18(12)15(19)10-9-14-8-5-11-21-14;1-7-9(13-10(12)11-7)8-5-3-2-4-6-8;8-7(9)4-3-6-2-1-5-10-6;1-2-4-5-3-1/h2-8,11-12,16H,9-10H2,1H3;2-7,9H,1H3,(H,11,12);1-2,5H,3-4H2,(H,8,9);1-4H2/t12-,16-;7-,9-;;/m00../s1. The van der Waals surface area contributed by atoms with Crippen LogP contribution in [0.15, 0.2) is 106 Å². The number of rotatable bonds is 8. The molecule has 2 aromatic heterocycles. The lowest BCUT2D eigenvalue weighted by atomic mass is 10.0. The number of hydrogen-bond donors (Lipinski definition) is 2. The van der Waals surface area contributed by atoms with Crippen LogP contribution in [0.2, 0.25) is 0 Å². The zero-order valence-corrected chi connectivity index (χ0v) is 28.3. The number of carboxylic acids is 1. The molecular formula is C38H44N2O10. The number of benzene rings is 2. The van der Waals surface area contributed by atoms with Crippen molar-refractivity contribution in [3.8, 4) is 0 Å². The molecule has 4 atom stereocenters. The van der Waals surface area contributed by atoms with Crippen LogP contribution >= 0.6 is 0 Å². The Hall–Kier alpha value is -5.36. The fourth-order valence-electron chi connectivity index (χ4n) is 5.40.